The lowest BCUT2D eigenvalue weighted by Gasteiger charge is -2.01. The van der Waals surface area contributed by atoms with Crippen LogP contribution < -0.4 is 0 Å². The SMILES string of the molecule is C=C(C=CCCCCCCCCCCCCC)C(=O)O. The molecule has 0 saturated heterocycles. The minimum atomic E-state index is -0.930. The Balaban J connectivity index is 3.17. The van der Waals surface area contributed by atoms with Crippen LogP contribution in [0.5, 0.6) is 0 Å². The van der Waals surface area contributed by atoms with Gasteiger partial charge in [-0.25, -0.2) is 4.79 Å². The summed E-state index contributed by atoms with van der Waals surface area (Å²) in [5.41, 5.74) is 0.174. The number of carboxylic acids is 1. The van der Waals surface area contributed by atoms with Crippen molar-refractivity contribution in [3.63, 3.8) is 0 Å². The van der Waals surface area contributed by atoms with Gasteiger partial charge in [-0.1, -0.05) is 89.9 Å². The van der Waals surface area contributed by atoms with E-state index in [1.54, 1.807) is 6.08 Å². The van der Waals surface area contributed by atoms with E-state index in [4.69, 9.17) is 5.11 Å². The number of hydrogen-bond donors (Lipinski definition) is 1. The molecule has 0 unspecified atom stereocenters. The number of aliphatic carboxylic acids is 1. The lowest BCUT2D eigenvalue weighted by atomic mass is 10.1. The minimum absolute atomic E-state index is 0.174. The second-order valence-electron chi connectivity index (χ2n) is 5.56. The Labute approximate surface area is 125 Å². The van der Waals surface area contributed by atoms with Crippen LogP contribution in [-0.2, 0) is 4.79 Å². The topological polar surface area (TPSA) is 37.3 Å². The van der Waals surface area contributed by atoms with Crippen LogP contribution in [0, 0.1) is 0 Å². The van der Waals surface area contributed by atoms with Gasteiger partial charge in [0.15, 0.2) is 0 Å². The fourth-order valence-corrected chi connectivity index (χ4v) is 2.22. The summed E-state index contributed by atoms with van der Waals surface area (Å²) in [6, 6.07) is 0. The summed E-state index contributed by atoms with van der Waals surface area (Å²) in [6.45, 7) is 5.72. The minimum Gasteiger partial charge on any atom is -0.478 e. The molecule has 0 atom stereocenters. The maximum absolute atomic E-state index is 10.5. The van der Waals surface area contributed by atoms with Crippen LogP contribution in [0.15, 0.2) is 24.3 Å². The second-order valence-corrected chi connectivity index (χ2v) is 5.56. The molecule has 0 amide bonds. The summed E-state index contributed by atoms with van der Waals surface area (Å²) < 4.78 is 0. The fourth-order valence-electron chi connectivity index (χ4n) is 2.22. The van der Waals surface area contributed by atoms with Crippen molar-refractivity contribution in [2.24, 2.45) is 0 Å². The Kier molecular flexibility index (Phi) is 13.6. The highest BCUT2D eigenvalue weighted by atomic mass is 16.4. The molecule has 0 spiro atoms. The first-order valence-electron chi connectivity index (χ1n) is 8.27. The number of unbranched alkanes of at least 4 members (excludes halogenated alkanes) is 11. The van der Waals surface area contributed by atoms with Crippen LogP contribution in [0.25, 0.3) is 0 Å². The predicted molar refractivity (Wildman–Crippen MR) is 87.0 cm³/mol. The van der Waals surface area contributed by atoms with Crippen molar-refractivity contribution in [1.82, 2.24) is 0 Å². The van der Waals surface area contributed by atoms with Crippen molar-refractivity contribution >= 4 is 5.97 Å². The molecule has 0 aliphatic rings. The first-order valence-corrected chi connectivity index (χ1v) is 8.27. The van der Waals surface area contributed by atoms with Crippen LogP contribution in [-0.4, -0.2) is 11.1 Å². The van der Waals surface area contributed by atoms with E-state index < -0.39 is 5.97 Å². The number of allylic oxidation sites excluding steroid dienone is 1. The van der Waals surface area contributed by atoms with Gasteiger partial charge in [-0.2, -0.15) is 0 Å². The molecule has 0 heterocycles. The maximum Gasteiger partial charge on any atom is 0.335 e. The zero-order chi connectivity index (χ0) is 15.1. The first kappa shape index (κ1) is 18.9. The quantitative estimate of drug-likeness (QED) is 0.245. The molecule has 0 fully saturated rings. The highest BCUT2D eigenvalue weighted by Crippen LogP contribution is 2.12. The van der Waals surface area contributed by atoms with E-state index in [-0.39, 0.29) is 5.57 Å². The summed E-state index contributed by atoms with van der Waals surface area (Å²) >= 11 is 0. The van der Waals surface area contributed by atoms with Crippen LogP contribution in [0.3, 0.4) is 0 Å². The van der Waals surface area contributed by atoms with E-state index in [0.717, 1.165) is 12.8 Å². The van der Waals surface area contributed by atoms with Gasteiger partial charge in [-0.15, -0.1) is 0 Å². The largest absolute Gasteiger partial charge is 0.478 e. The van der Waals surface area contributed by atoms with Crippen molar-refractivity contribution in [2.45, 2.75) is 84.0 Å². The van der Waals surface area contributed by atoms with Crippen LogP contribution in [0.2, 0.25) is 0 Å². The van der Waals surface area contributed by atoms with E-state index in [2.05, 4.69) is 13.5 Å². The zero-order valence-electron chi connectivity index (χ0n) is 13.2. The van der Waals surface area contributed by atoms with Crippen molar-refractivity contribution in [3.8, 4) is 0 Å². The third-order valence-electron chi connectivity index (χ3n) is 3.57. The van der Waals surface area contributed by atoms with Gasteiger partial charge >= 0.3 is 5.97 Å². The molecule has 0 bridgehead atoms. The van der Waals surface area contributed by atoms with Crippen LogP contribution >= 0.6 is 0 Å². The molecule has 2 nitrogen and oxygen atoms in total. The molecule has 20 heavy (non-hydrogen) atoms. The molecule has 0 rings (SSSR count). The molecule has 0 radical (unpaired) electrons. The second kappa shape index (κ2) is 14.4. The number of rotatable bonds is 14. The third kappa shape index (κ3) is 13.4. The van der Waals surface area contributed by atoms with E-state index in [0.29, 0.717) is 0 Å². The number of carboxylic acid groups (broad SMARTS) is 1. The summed E-state index contributed by atoms with van der Waals surface area (Å²) in [5, 5.41) is 8.62. The third-order valence-corrected chi connectivity index (χ3v) is 3.57. The molecule has 0 aromatic heterocycles. The Hall–Kier alpha value is -1.05. The van der Waals surface area contributed by atoms with Gasteiger partial charge in [-0.05, 0) is 12.8 Å². The molecule has 0 aliphatic heterocycles. The summed E-state index contributed by atoms with van der Waals surface area (Å²) in [7, 11) is 0. The molecule has 1 N–H and O–H groups in total. The van der Waals surface area contributed by atoms with Gasteiger partial charge in [0.05, 0.1) is 5.57 Å². The molecule has 0 aliphatic carbocycles. The van der Waals surface area contributed by atoms with Gasteiger partial charge in [0, 0.05) is 0 Å². The van der Waals surface area contributed by atoms with Crippen molar-refractivity contribution < 1.29 is 9.90 Å². The number of hydrogen-bond acceptors (Lipinski definition) is 1. The number of carbonyl (C=O) groups is 1. The fraction of sp³-hybridized carbons (Fsp3) is 0.722. The monoisotopic (exact) mass is 280 g/mol. The summed E-state index contributed by atoms with van der Waals surface area (Å²) in [6.07, 6.45) is 19.3. The van der Waals surface area contributed by atoms with E-state index >= 15 is 0 Å². The van der Waals surface area contributed by atoms with Crippen molar-refractivity contribution in [1.29, 1.82) is 0 Å². The summed E-state index contributed by atoms with van der Waals surface area (Å²) in [4.78, 5) is 10.5. The van der Waals surface area contributed by atoms with Gasteiger partial charge in [0.25, 0.3) is 0 Å². The molecular formula is C18H32O2. The van der Waals surface area contributed by atoms with E-state index in [1.165, 1.54) is 64.2 Å². The first-order chi connectivity index (χ1) is 9.68. The van der Waals surface area contributed by atoms with Crippen molar-refractivity contribution in [2.75, 3.05) is 0 Å². The molecule has 116 valence electrons. The molecule has 0 saturated carbocycles. The van der Waals surface area contributed by atoms with E-state index in [9.17, 15) is 4.79 Å². The Bertz CT molecular complexity index is 279. The average Bonchev–Trinajstić information content (AvgIpc) is 2.43. The molecule has 0 aromatic rings. The highest BCUT2D eigenvalue weighted by molar-refractivity contribution is 5.88. The van der Waals surface area contributed by atoms with E-state index in [1.807, 2.05) is 6.08 Å². The summed E-state index contributed by atoms with van der Waals surface area (Å²) in [5.74, 6) is -0.930. The molecule has 2 heteroatoms. The van der Waals surface area contributed by atoms with Gasteiger partial charge in [0.1, 0.15) is 0 Å². The maximum atomic E-state index is 10.5. The van der Waals surface area contributed by atoms with Gasteiger partial charge in [0.2, 0.25) is 0 Å². The molecule has 0 aromatic carbocycles. The average molecular weight is 280 g/mol. The zero-order valence-corrected chi connectivity index (χ0v) is 13.2. The standard InChI is InChI=1S/C18H32O2/c1-3-4-5-6-7-8-9-10-11-12-13-14-15-16-17(2)18(19)20/h15-16H,2-14H2,1H3,(H,19,20). The smallest absolute Gasteiger partial charge is 0.335 e. The van der Waals surface area contributed by atoms with Gasteiger partial charge in [-0.3, -0.25) is 0 Å². The highest BCUT2D eigenvalue weighted by Gasteiger charge is 1.96. The molecular weight excluding hydrogens is 248 g/mol. The Morgan fingerprint density at radius 1 is 0.900 bits per heavy atom. The lowest BCUT2D eigenvalue weighted by molar-refractivity contribution is -0.132. The Morgan fingerprint density at radius 2 is 1.35 bits per heavy atom. The predicted octanol–water partition coefficient (Wildman–Crippen LogP) is 5.88. The van der Waals surface area contributed by atoms with Gasteiger partial charge < -0.3 is 5.11 Å². The van der Waals surface area contributed by atoms with Crippen LogP contribution in [0.4, 0.5) is 0 Å². The lowest BCUT2D eigenvalue weighted by Crippen LogP contribution is -1.94. The van der Waals surface area contributed by atoms with Crippen molar-refractivity contribution in [3.05, 3.63) is 24.3 Å². The van der Waals surface area contributed by atoms with Crippen LogP contribution in [0.1, 0.15) is 84.0 Å². The Morgan fingerprint density at radius 3 is 1.80 bits per heavy atom. The normalized spacial score (nSPS) is 11.1.